The molecule has 200 valence electrons. The Morgan fingerprint density at radius 1 is 0.892 bits per heavy atom. The van der Waals surface area contributed by atoms with E-state index in [1.54, 1.807) is 4.90 Å². The van der Waals surface area contributed by atoms with Gasteiger partial charge >= 0.3 is 0 Å². The first-order valence-electron chi connectivity index (χ1n) is 11.9. The molecule has 0 bridgehead atoms. The average molecular weight is 551 g/mol. The summed E-state index contributed by atoms with van der Waals surface area (Å²) in [7, 11) is -7.39. The highest BCUT2D eigenvalue weighted by Gasteiger charge is 2.27. The van der Waals surface area contributed by atoms with Crippen LogP contribution in [0.5, 0.6) is 0 Å². The summed E-state index contributed by atoms with van der Waals surface area (Å²) in [4.78, 5) is 27.2. The van der Waals surface area contributed by atoms with Crippen LogP contribution in [-0.4, -0.2) is 90.0 Å². The minimum atomic E-state index is -3.82. The zero-order valence-electron chi connectivity index (χ0n) is 20.5. The number of morpholine rings is 1. The van der Waals surface area contributed by atoms with Crippen molar-refractivity contribution in [2.24, 2.45) is 0 Å². The van der Waals surface area contributed by atoms with Crippen LogP contribution in [0.2, 0.25) is 0 Å². The average Bonchev–Trinajstić information content (AvgIpc) is 3.43. The number of amides is 2. The fourth-order valence-electron chi connectivity index (χ4n) is 4.24. The monoisotopic (exact) mass is 550 g/mol. The summed E-state index contributed by atoms with van der Waals surface area (Å²) >= 11 is 0. The van der Waals surface area contributed by atoms with Crippen molar-refractivity contribution in [3.63, 3.8) is 0 Å². The number of hydrogen-bond donors (Lipinski definition) is 1. The first-order valence-corrected chi connectivity index (χ1v) is 15.2. The molecule has 0 saturated carbocycles. The van der Waals surface area contributed by atoms with Crippen LogP contribution in [0.4, 0.5) is 11.4 Å². The molecule has 4 rings (SSSR count). The van der Waals surface area contributed by atoms with Crippen molar-refractivity contribution in [3.8, 4) is 0 Å². The molecular formula is C24H30N4O7S2. The topological polar surface area (TPSA) is 133 Å². The van der Waals surface area contributed by atoms with E-state index in [4.69, 9.17) is 4.74 Å². The Morgan fingerprint density at radius 3 is 2.05 bits per heavy atom. The Bertz CT molecular complexity index is 1330. The molecule has 2 heterocycles. The number of nitrogens with zero attached hydrogens (tertiary/aromatic N) is 3. The van der Waals surface area contributed by atoms with E-state index in [2.05, 4.69) is 5.32 Å². The summed E-state index contributed by atoms with van der Waals surface area (Å²) in [6.07, 6.45) is 2.65. The zero-order valence-corrected chi connectivity index (χ0v) is 22.1. The normalized spacial score (nSPS) is 16.9. The van der Waals surface area contributed by atoms with Gasteiger partial charge in [-0.3, -0.25) is 13.9 Å². The van der Waals surface area contributed by atoms with Crippen molar-refractivity contribution in [1.29, 1.82) is 0 Å². The first kappa shape index (κ1) is 27.0. The maximum Gasteiger partial charge on any atom is 0.254 e. The van der Waals surface area contributed by atoms with E-state index in [-0.39, 0.29) is 16.5 Å². The zero-order chi connectivity index (χ0) is 26.6. The van der Waals surface area contributed by atoms with Crippen LogP contribution in [0.3, 0.4) is 0 Å². The standard InChI is InChI=1S/C24H30N4O7S2/c1-36(31,32)28(21-8-4-19(5-9-21)24(30)26-14-16-35-17-15-26)18-23(29)25-20-6-10-22(11-7-20)37(33,34)27-12-2-3-13-27/h4-11H,2-3,12-18H2,1H3,(H,25,29). The lowest BCUT2D eigenvalue weighted by Crippen LogP contribution is -2.40. The van der Waals surface area contributed by atoms with Crippen molar-refractivity contribution >= 4 is 43.2 Å². The first-order chi connectivity index (χ1) is 17.6. The molecule has 13 heteroatoms. The fraction of sp³-hybridized carbons (Fsp3) is 0.417. The number of carbonyl (C=O) groups is 2. The lowest BCUT2D eigenvalue weighted by Gasteiger charge is -2.27. The molecule has 1 N–H and O–H groups in total. The van der Waals surface area contributed by atoms with E-state index in [9.17, 15) is 26.4 Å². The third-order valence-electron chi connectivity index (χ3n) is 6.23. The van der Waals surface area contributed by atoms with Crippen molar-refractivity contribution < 1.29 is 31.2 Å². The number of benzene rings is 2. The van der Waals surface area contributed by atoms with Gasteiger partial charge in [0.25, 0.3) is 5.91 Å². The second-order valence-electron chi connectivity index (χ2n) is 8.90. The molecule has 2 aliphatic heterocycles. The number of rotatable bonds is 8. The number of nitrogens with one attached hydrogen (secondary N) is 1. The van der Waals surface area contributed by atoms with E-state index < -0.39 is 32.5 Å². The minimum absolute atomic E-state index is 0.136. The second-order valence-corrected chi connectivity index (χ2v) is 12.7. The molecule has 2 aromatic rings. The van der Waals surface area contributed by atoms with Crippen LogP contribution in [-0.2, 0) is 29.6 Å². The largest absolute Gasteiger partial charge is 0.378 e. The van der Waals surface area contributed by atoms with Crippen LogP contribution in [0.25, 0.3) is 0 Å². The van der Waals surface area contributed by atoms with Crippen molar-refractivity contribution in [1.82, 2.24) is 9.21 Å². The Morgan fingerprint density at radius 2 is 1.49 bits per heavy atom. The van der Waals surface area contributed by atoms with Crippen molar-refractivity contribution in [3.05, 3.63) is 54.1 Å². The predicted octanol–water partition coefficient (Wildman–Crippen LogP) is 1.35. The molecule has 2 aliphatic rings. The number of ether oxygens (including phenoxy) is 1. The van der Waals surface area contributed by atoms with Gasteiger partial charge in [-0.15, -0.1) is 0 Å². The molecule has 2 aromatic carbocycles. The Kier molecular flexibility index (Phi) is 8.17. The summed E-state index contributed by atoms with van der Waals surface area (Å²) in [5.41, 5.74) is 0.987. The fourth-order valence-corrected chi connectivity index (χ4v) is 6.61. The number of sulfonamides is 2. The molecule has 37 heavy (non-hydrogen) atoms. The highest BCUT2D eigenvalue weighted by molar-refractivity contribution is 7.92. The molecule has 0 aromatic heterocycles. The van der Waals surface area contributed by atoms with Gasteiger partial charge in [-0.05, 0) is 61.4 Å². The molecular weight excluding hydrogens is 520 g/mol. The van der Waals surface area contributed by atoms with Gasteiger partial charge in [0.15, 0.2) is 0 Å². The molecule has 0 unspecified atom stereocenters. The lowest BCUT2D eigenvalue weighted by atomic mass is 10.1. The molecule has 11 nitrogen and oxygen atoms in total. The molecule has 0 aliphatic carbocycles. The highest BCUT2D eigenvalue weighted by Crippen LogP contribution is 2.23. The van der Waals surface area contributed by atoms with E-state index >= 15 is 0 Å². The quantitative estimate of drug-likeness (QED) is 0.525. The van der Waals surface area contributed by atoms with Gasteiger partial charge < -0.3 is 15.0 Å². The van der Waals surface area contributed by atoms with E-state index in [0.717, 1.165) is 23.4 Å². The van der Waals surface area contributed by atoms with Crippen LogP contribution in [0, 0.1) is 0 Å². The van der Waals surface area contributed by atoms with Crippen molar-refractivity contribution in [2.75, 3.05) is 61.8 Å². The molecule has 0 radical (unpaired) electrons. The Hall–Kier alpha value is -3.00. The summed E-state index contributed by atoms with van der Waals surface area (Å²) in [5.74, 6) is -0.775. The summed E-state index contributed by atoms with van der Waals surface area (Å²) in [6.45, 7) is 2.40. The third-order valence-corrected chi connectivity index (χ3v) is 9.28. The van der Waals surface area contributed by atoms with Crippen LogP contribution >= 0.6 is 0 Å². The summed E-state index contributed by atoms with van der Waals surface area (Å²) < 4.78 is 57.9. The van der Waals surface area contributed by atoms with Gasteiger partial charge in [0, 0.05) is 37.4 Å². The third kappa shape index (κ3) is 6.47. The minimum Gasteiger partial charge on any atom is -0.378 e. The summed E-state index contributed by atoms with van der Waals surface area (Å²) in [6, 6.07) is 11.8. The van der Waals surface area contributed by atoms with Gasteiger partial charge in [0.1, 0.15) is 6.54 Å². The van der Waals surface area contributed by atoms with E-state index in [0.29, 0.717) is 50.6 Å². The molecule has 0 atom stereocenters. The number of hydrogen-bond acceptors (Lipinski definition) is 7. The van der Waals surface area contributed by atoms with E-state index in [1.165, 1.54) is 52.8 Å². The van der Waals surface area contributed by atoms with Gasteiger partial charge in [-0.2, -0.15) is 4.31 Å². The smallest absolute Gasteiger partial charge is 0.254 e. The van der Waals surface area contributed by atoms with Crippen LogP contribution in [0.1, 0.15) is 23.2 Å². The predicted molar refractivity (Wildman–Crippen MR) is 138 cm³/mol. The lowest BCUT2D eigenvalue weighted by molar-refractivity contribution is -0.114. The van der Waals surface area contributed by atoms with Crippen LogP contribution < -0.4 is 9.62 Å². The molecule has 2 saturated heterocycles. The molecule has 0 spiro atoms. The maximum atomic E-state index is 12.7. The van der Waals surface area contributed by atoms with Gasteiger partial charge in [0.2, 0.25) is 26.0 Å². The Labute approximate surface area is 217 Å². The van der Waals surface area contributed by atoms with Gasteiger partial charge in [-0.25, -0.2) is 16.8 Å². The SMILES string of the molecule is CS(=O)(=O)N(CC(=O)Nc1ccc(S(=O)(=O)N2CCCC2)cc1)c1ccc(C(=O)N2CCOCC2)cc1. The summed E-state index contributed by atoms with van der Waals surface area (Å²) in [5, 5.41) is 2.61. The van der Waals surface area contributed by atoms with Crippen molar-refractivity contribution in [2.45, 2.75) is 17.7 Å². The van der Waals surface area contributed by atoms with E-state index in [1.807, 2.05) is 0 Å². The highest BCUT2D eigenvalue weighted by atomic mass is 32.2. The molecule has 2 amide bonds. The molecule has 2 fully saturated rings. The number of carbonyl (C=O) groups excluding carboxylic acids is 2. The Balaban J connectivity index is 1.42. The second kappa shape index (κ2) is 11.2. The van der Waals surface area contributed by atoms with Gasteiger partial charge in [0.05, 0.1) is 30.1 Å². The van der Waals surface area contributed by atoms with Crippen LogP contribution in [0.15, 0.2) is 53.4 Å². The van der Waals surface area contributed by atoms with Gasteiger partial charge in [-0.1, -0.05) is 0 Å². The number of anilines is 2. The maximum absolute atomic E-state index is 12.7.